The molecule has 15 heavy (non-hydrogen) atoms. The van der Waals surface area contributed by atoms with E-state index < -0.39 is 5.97 Å². The Balaban J connectivity index is 3.50. The maximum Gasteiger partial charge on any atom is 0.343 e. The molecule has 0 aliphatic carbocycles. The van der Waals surface area contributed by atoms with Gasteiger partial charge in [-0.05, 0) is 25.0 Å². The van der Waals surface area contributed by atoms with Crippen molar-refractivity contribution >= 4 is 11.7 Å². The highest BCUT2D eigenvalue weighted by Crippen LogP contribution is 2.31. The predicted molar refractivity (Wildman–Crippen MR) is 58.2 cm³/mol. The first kappa shape index (κ1) is 11.4. The summed E-state index contributed by atoms with van der Waals surface area (Å²) in [6.07, 6.45) is 0. The molecule has 0 aromatic heterocycles. The lowest BCUT2D eigenvalue weighted by molar-refractivity contribution is 0.0598. The van der Waals surface area contributed by atoms with Crippen LogP contribution in [0.4, 0.5) is 5.69 Å². The molecule has 2 N–H and O–H groups in total. The average Bonchev–Trinajstić information content (AvgIpc) is 2.21. The Morgan fingerprint density at radius 1 is 1.27 bits per heavy atom. The maximum absolute atomic E-state index is 11.5. The number of anilines is 1. The van der Waals surface area contributed by atoms with Gasteiger partial charge in [0.1, 0.15) is 11.3 Å². The zero-order valence-corrected chi connectivity index (χ0v) is 9.38. The molecule has 1 aromatic carbocycles. The Labute approximate surface area is 89.0 Å². The van der Waals surface area contributed by atoms with Gasteiger partial charge in [0.2, 0.25) is 0 Å². The van der Waals surface area contributed by atoms with Crippen molar-refractivity contribution in [2.75, 3.05) is 20.0 Å². The van der Waals surface area contributed by atoms with E-state index in [1.165, 1.54) is 14.2 Å². The molecule has 0 saturated heterocycles. The van der Waals surface area contributed by atoms with Crippen LogP contribution in [-0.4, -0.2) is 20.2 Å². The molecule has 0 amide bonds. The van der Waals surface area contributed by atoms with Gasteiger partial charge < -0.3 is 15.2 Å². The summed E-state index contributed by atoms with van der Waals surface area (Å²) in [5.74, 6) is 0.00102. The van der Waals surface area contributed by atoms with E-state index in [9.17, 15) is 4.79 Å². The Hall–Kier alpha value is -1.71. The van der Waals surface area contributed by atoms with Crippen molar-refractivity contribution in [1.29, 1.82) is 0 Å². The van der Waals surface area contributed by atoms with Gasteiger partial charge >= 0.3 is 5.97 Å². The van der Waals surface area contributed by atoms with Crippen LogP contribution in [-0.2, 0) is 4.74 Å². The lowest BCUT2D eigenvalue weighted by atomic mass is 10.0. The Bertz CT molecular complexity index is 399. The summed E-state index contributed by atoms with van der Waals surface area (Å²) in [5.41, 5.74) is 8.24. The van der Waals surface area contributed by atoms with Gasteiger partial charge in [-0.2, -0.15) is 0 Å². The van der Waals surface area contributed by atoms with Crippen LogP contribution in [0.2, 0.25) is 0 Å². The van der Waals surface area contributed by atoms with E-state index in [1.54, 1.807) is 0 Å². The van der Waals surface area contributed by atoms with Gasteiger partial charge in [0.05, 0.1) is 19.9 Å². The van der Waals surface area contributed by atoms with Crippen LogP contribution in [0.3, 0.4) is 0 Å². The third-order valence-corrected chi connectivity index (χ3v) is 2.31. The second-order valence-corrected chi connectivity index (χ2v) is 3.32. The molecular formula is C11H15NO3. The minimum absolute atomic E-state index is 0.303. The zero-order chi connectivity index (χ0) is 11.6. The summed E-state index contributed by atoms with van der Waals surface area (Å²) in [6.45, 7) is 3.70. The van der Waals surface area contributed by atoms with E-state index >= 15 is 0 Å². The van der Waals surface area contributed by atoms with Crippen molar-refractivity contribution in [3.8, 4) is 5.75 Å². The number of nitrogen functional groups attached to an aromatic ring is 1. The van der Waals surface area contributed by atoms with Crippen LogP contribution in [0.25, 0.3) is 0 Å². The van der Waals surface area contributed by atoms with Gasteiger partial charge in [-0.3, -0.25) is 0 Å². The number of benzene rings is 1. The fourth-order valence-electron chi connectivity index (χ4n) is 1.55. The molecule has 0 atom stereocenters. The van der Waals surface area contributed by atoms with Gasteiger partial charge in [0, 0.05) is 0 Å². The smallest absolute Gasteiger partial charge is 0.343 e. The molecule has 82 valence electrons. The van der Waals surface area contributed by atoms with Crippen LogP contribution in [0.15, 0.2) is 6.07 Å². The van der Waals surface area contributed by atoms with E-state index in [-0.39, 0.29) is 0 Å². The lowest BCUT2D eigenvalue weighted by Gasteiger charge is -2.14. The molecule has 0 saturated carbocycles. The number of carbonyl (C=O) groups excluding carboxylic acids is 1. The summed E-state index contributed by atoms with van der Waals surface area (Å²) in [7, 11) is 2.82. The quantitative estimate of drug-likeness (QED) is 0.594. The second-order valence-electron chi connectivity index (χ2n) is 3.32. The van der Waals surface area contributed by atoms with Gasteiger partial charge in [-0.1, -0.05) is 6.07 Å². The minimum Gasteiger partial charge on any atom is -0.495 e. The van der Waals surface area contributed by atoms with Crippen LogP contribution in [0.5, 0.6) is 5.75 Å². The highest BCUT2D eigenvalue weighted by Gasteiger charge is 2.20. The summed E-state index contributed by atoms with van der Waals surface area (Å²) in [4.78, 5) is 11.5. The molecule has 0 bridgehead atoms. The number of esters is 1. The molecule has 0 fully saturated rings. The van der Waals surface area contributed by atoms with Crippen molar-refractivity contribution in [3.63, 3.8) is 0 Å². The molecule has 4 heteroatoms. The number of hydrogen-bond acceptors (Lipinski definition) is 4. The van der Waals surface area contributed by atoms with E-state index in [4.69, 9.17) is 10.5 Å². The molecule has 0 unspecified atom stereocenters. The van der Waals surface area contributed by atoms with Crippen LogP contribution < -0.4 is 10.5 Å². The lowest BCUT2D eigenvalue weighted by Crippen LogP contribution is -2.10. The minimum atomic E-state index is -0.476. The SMILES string of the molecule is COC(=O)c1c(N)c(C)cc(C)c1OC. The first-order valence-electron chi connectivity index (χ1n) is 4.54. The van der Waals surface area contributed by atoms with Gasteiger partial charge in [0.15, 0.2) is 0 Å². The monoisotopic (exact) mass is 209 g/mol. The topological polar surface area (TPSA) is 61.5 Å². The van der Waals surface area contributed by atoms with Crippen molar-refractivity contribution < 1.29 is 14.3 Å². The number of ether oxygens (including phenoxy) is 2. The van der Waals surface area contributed by atoms with Crippen molar-refractivity contribution in [3.05, 3.63) is 22.8 Å². The van der Waals surface area contributed by atoms with E-state index in [0.29, 0.717) is 17.0 Å². The summed E-state index contributed by atoms with van der Waals surface area (Å²) >= 11 is 0. The highest BCUT2D eigenvalue weighted by molar-refractivity contribution is 5.99. The molecule has 4 nitrogen and oxygen atoms in total. The number of methoxy groups -OCH3 is 2. The Morgan fingerprint density at radius 2 is 1.87 bits per heavy atom. The van der Waals surface area contributed by atoms with Crippen molar-refractivity contribution in [1.82, 2.24) is 0 Å². The largest absolute Gasteiger partial charge is 0.495 e. The normalized spacial score (nSPS) is 9.87. The van der Waals surface area contributed by atoms with Crippen molar-refractivity contribution in [2.24, 2.45) is 0 Å². The second kappa shape index (κ2) is 4.21. The van der Waals surface area contributed by atoms with Crippen molar-refractivity contribution in [2.45, 2.75) is 13.8 Å². The number of rotatable bonds is 2. The van der Waals surface area contributed by atoms with Gasteiger partial charge in [-0.15, -0.1) is 0 Å². The molecule has 1 rings (SSSR count). The fourth-order valence-corrected chi connectivity index (χ4v) is 1.55. The summed E-state index contributed by atoms with van der Waals surface area (Å²) in [6, 6.07) is 1.88. The number of carbonyl (C=O) groups is 1. The van der Waals surface area contributed by atoms with Gasteiger partial charge in [0.25, 0.3) is 0 Å². The summed E-state index contributed by atoms with van der Waals surface area (Å²) in [5, 5.41) is 0. The molecular weight excluding hydrogens is 194 g/mol. The van der Waals surface area contributed by atoms with Crippen LogP contribution >= 0.6 is 0 Å². The predicted octanol–water partition coefficient (Wildman–Crippen LogP) is 1.68. The first-order chi connectivity index (χ1) is 7.02. The van der Waals surface area contributed by atoms with Crippen LogP contribution in [0.1, 0.15) is 21.5 Å². The summed E-state index contributed by atoms with van der Waals surface area (Å²) < 4.78 is 9.82. The van der Waals surface area contributed by atoms with E-state index in [0.717, 1.165) is 11.1 Å². The maximum atomic E-state index is 11.5. The Morgan fingerprint density at radius 3 is 2.33 bits per heavy atom. The molecule has 1 aromatic rings. The van der Waals surface area contributed by atoms with E-state index in [1.807, 2.05) is 19.9 Å². The number of nitrogens with two attached hydrogens (primary N) is 1. The molecule has 0 radical (unpaired) electrons. The molecule has 0 aliphatic heterocycles. The van der Waals surface area contributed by atoms with E-state index in [2.05, 4.69) is 4.74 Å². The average molecular weight is 209 g/mol. The highest BCUT2D eigenvalue weighted by atomic mass is 16.5. The standard InChI is InChI=1S/C11H15NO3/c1-6-5-7(2)10(14-3)8(9(6)12)11(13)15-4/h5H,12H2,1-4H3. The molecule has 0 spiro atoms. The molecule has 0 heterocycles. The number of hydrogen-bond donors (Lipinski definition) is 1. The molecule has 0 aliphatic rings. The third kappa shape index (κ3) is 1.88. The first-order valence-corrected chi connectivity index (χ1v) is 4.54. The third-order valence-electron chi connectivity index (χ3n) is 2.31. The van der Waals surface area contributed by atoms with Crippen LogP contribution in [0, 0.1) is 13.8 Å². The fraction of sp³-hybridized carbons (Fsp3) is 0.364. The number of aryl methyl sites for hydroxylation is 2. The van der Waals surface area contributed by atoms with Gasteiger partial charge in [-0.25, -0.2) is 4.79 Å². The Kier molecular flexibility index (Phi) is 3.19. The zero-order valence-electron chi connectivity index (χ0n) is 9.38.